The summed E-state index contributed by atoms with van der Waals surface area (Å²) < 4.78 is 23.1. The second kappa shape index (κ2) is 5.17. The number of halogens is 1. The molecular weight excluding hydrogens is 246 g/mol. The molecule has 2 N–H and O–H groups in total. The summed E-state index contributed by atoms with van der Waals surface area (Å²) in [6, 6.07) is 6.45. The lowest BCUT2D eigenvalue weighted by molar-refractivity contribution is 0.553. The molecule has 0 radical (unpaired) electrons. The lowest BCUT2D eigenvalue weighted by Crippen LogP contribution is -2.32. The maximum Gasteiger partial charge on any atom is 0.152 e. The van der Waals surface area contributed by atoms with Gasteiger partial charge in [-0.05, 0) is 24.1 Å². The number of rotatable bonds is 4. The van der Waals surface area contributed by atoms with Gasteiger partial charge in [0.25, 0.3) is 0 Å². The monoisotopic (exact) mass is 261 g/mol. The molecule has 0 aliphatic rings. The van der Waals surface area contributed by atoms with Crippen LogP contribution in [0, 0.1) is 0 Å². The van der Waals surface area contributed by atoms with Crippen LogP contribution < -0.4 is 5.73 Å². The van der Waals surface area contributed by atoms with E-state index in [1.54, 1.807) is 24.3 Å². The predicted molar refractivity (Wildman–Crippen MR) is 67.3 cm³/mol. The molecule has 0 aliphatic carbocycles. The smallest absolute Gasteiger partial charge is 0.152 e. The van der Waals surface area contributed by atoms with Crippen molar-refractivity contribution in [2.45, 2.75) is 24.6 Å². The van der Waals surface area contributed by atoms with Crippen LogP contribution in [-0.2, 0) is 9.84 Å². The zero-order valence-corrected chi connectivity index (χ0v) is 10.9. The fourth-order valence-electron chi connectivity index (χ4n) is 1.72. The Bertz CT molecular complexity index is 442. The van der Waals surface area contributed by atoms with Gasteiger partial charge < -0.3 is 5.73 Å². The molecule has 5 heteroatoms. The van der Waals surface area contributed by atoms with E-state index in [9.17, 15) is 8.42 Å². The maximum absolute atomic E-state index is 11.5. The molecule has 0 bridgehead atoms. The van der Waals surface area contributed by atoms with Gasteiger partial charge in [-0.3, -0.25) is 0 Å². The van der Waals surface area contributed by atoms with Crippen molar-refractivity contribution in [3.05, 3.63) is 34.9 Å². The van der Waals surface area contributed by atoms with Crippen LogP contribution in [0.15, 0.2) is 24.3 Å². The van der Waals surface area contributed by atoms with Crippen molar-refractivity contribution in [2.24, 2.45) is 5.73 Å². The van der Waals surface area contributed by atoms with Crippen LogP contribution in [0.3, 0.4) is 0 Å². The Morgan fingerprint density at radius 3 is 2.19 bits per heavy atom. The third kappa shape index (κ3) is 3.20. The first-order valence-corrected chi connectivity index (χ1v) is 7.39. The van der Waals surface area contributed by atoms with E-state index in [0.29, 0.717) is 11.4 Å². The molecule has 0 aromatic heterocycles. The Labute approximate surface area is 102 Å². The standard InChI is InChI=1S/C11H16ClNO2S/c1-3-10(16(2,14)15)11(13)8-4-6-9(12)7-5-8/h4-7,10-11H,3,13H2,1-2H3/t10-,11-/m0/s1. The molecule has 0 saturated carbocycles. The van der Waals surface area contributed by atoms with Crippen LogP contribution in [0.2, 0.25) is 5.02 Å². The Kier molecular flexibility index (Phi) is 4.35. The van der Waals surface area contributed by atoms with Gasteiger partial charge in [0.2, 0.25) is 0 Å². The number of nitrogens with two attached hydrogens (primary N) is 1. The molecule has 1 aromatic rings. The van der Waals surface area contributed by atoms with E-state index < -0.39 is 21.1 Å². The summed E-state index contributed by atoms with van der Waals surface area (Å²) in [6.07, 6.45) is 1.72. The Morgan fingerprint density at radius 2 is 1.81 bits per heavy atom. The van der Waals surface area contributed by atoms with Crippen molar-refractivity contribution < 1.29 is 8.42 Å². The minimum absolute atomic E-state index is 0.503. The summed E-state index contributed by atoms with van der Waals surface area (Å²) in [7, 11) is -3.13. The van der Waals surface area contributed by atoms with Crippen LogP contribution >= 0.6 is 11.6 Å². The average molecular weight is 262 g/mol. The molecule has 0 heterocycles. The van der Waals surface area contributed by atoms with Gasteiger partial charge in [-0.1, -0.05) is 30.7 Å². The van der Waals surface area contributed by atoms with E-state index >= 15 is 0 Å². The minimum Gasteiger partial charge on any atom is -0.323 e. The minimum atomic E-state index is -3.13. The highest BCUT2D eigenvalue weighted by Crippen LogP contribution is 2.23. The maximum atomic E-state index is 11.5. The molecule has 16 heavy (non-hydrogen) atoms. The van der Waals surface area contributed by atoms with Crippen LogP contribution in [0.1, 0.15) is 24.9 Å². The topological polar surface area (TPSA) is 60.2 Å². The van der Waals surface area contributed by atoms with Crippen molar-refractivity contribution in [1.29, 1.82) is 0 Å². The van der Waals surface area contributed by atoms with Gasteiger partial charge in [0.15, 0.2) is 9.84 Å². The summed E-state index contributed by atoms with van der Waals surface area (Å²) in [4.78, 5) is 0. The number of hydrogen-bond acceptors (Lipinski definition) is 3. The molecule has 3 nitrogen and oxygen atoms in total. The number of benzene rings is 1. The van der Waals surface area contributed by atoms with Gasteiger partial charge in [-0.2, -0.15) is 0 Å². The van der Waals surface area contributed by atoms with E-state index in [-0.39, 0.29) is 0 Å². The number of hydrogen-bond donors (Lipinski definition) is 1. The van der Waals surface area contributed by atoms with Gasteiger partial charge in [-0.15, -0.1) is 0 Å². The van der Waals surface area contributed by atoms with E-state index in [1.165, 1.54) is 6.26 Å². The Balaban J connectivity index is 3.00. The van der Waals surface area contributed by atoms with Gasteiger partial charge in [0.1, 0.15) is 0 Å². The van der Waals surface area contributed by atoms with Crippen LogP contribution in [0.25, 0.3) is 0 Å². The fraction of sp³-hybridized carbons (Fsp3) is 0.455. The van der Waals surface area contributed by atoms with Crippen LogP contribution in [0.4, 0.5) is 0 Å². The molecule has 1 rings (SSSR count). The van der Waals surface area contributed by atoms with Gasteiger partial charge in [0.05, 0.1) is 5.25 Å². The third-order valence-corrected chi connectivity index (χ3v) is 4.59. The highest BCUT2D eigenvalue weighted by Gasteiger charge is 2.26. The van der Waals surface area contributed by atoms with Gasteiger partial charge in [-0.25, -0.2) is 8.42 Å². The Hall–Kier alpha value is -0.580. The molecule has 0 saturated heterocycles. The summed E-state index contributed by atoms with van der Waals surface area (Å²) in [5.74, 6) is 0. The van der Waals surface area contributed by atoms with Crippen LogP contribution in [-0.4, -0.2) is 19.9 Å². The zero-order chi connectivity index (χ0) is 12.3. The van der Waals surface area contributed by atoms with Gasteiger partial charge >= 0.3 is 0 Å². The SMILES string of the molecule is CC[C@@H]([C@@H](N)c1ccc(Cl)cc1)S(C)(=O)=O. The van der Waals surface area contributed by atoms with E-state index in [2.05, 4.69) is 0 Å². The van der Waals surface area contributed by atoms with Gasteiger partial charge in [0, 0.05) is 17.3 Å². The van der Waals surface area contributed by atoms with E-state index in [0.717, 1.165) is 5.56 Å². The summed E-state index contributed by atoms with van der Waals surface area (Å²) in [6.45, 7) is 1.82. The van der Waals surface area contributed by atoms with E-state index in [1.807, 2.05) is 6.92 Å². The molecule has 1 aromatic carbocycles. The van der Waals surface area contributed by atoms with Crippen LogP contribution in [0.5, 0.6) is 0 Å². The molecule has 0 aliphatic heterocycles. The first-order chi connectivity index (χ1) is 7.36. The summed E-state index contributed by atoms with van der Waals surface area (Å²) >= 11 is 5.76. The second-order valence-corrected chi connectivity index (χ2v) is 6.55. The van der Waals surface area contributed by atoms with Crippen molar-refractivity contribution >= 4 is 21.4 Å². The zero-order valence-electron chi connectivity index (χ0n) is 9.35. The molecule has 0 unspecified atom stereocenters. The highest BCUT2D eigenvalue weighted by atomic mass is 35.5. The van der Waals surface area contributed by atoms with Crippen molar-refractivity contribution in [3.8, 4) is 0 Å². The summed E-state index contributed by atoms with van der Waals surface area (Å²) in [5.41, 5.74) is 6.76. The molecule has 0 fully saturated rings. The largest absolute Gasteiger partial charge is 0.323 e. The van der Waals surface area contributed by atoms with Crippen molar-refractivity contribution in [3.63, 3.8) is 0 Å². The highest BCUT2D eigenvalue weighted by molar-refractivity contribution is 7.91. The summed E-state index contributed by atoms with van der Waals surface area (Å²) in [5, 5.41) is 0.0667. The molecule has 0 spiro atoms. The molecule has 90 valence electrons. The molecule has 0 amide bonds. The van der Waals surface area contributed by atoms with Crippen molar-refractivity contribution in [1.82, 2.24) is 0 Å². The molecule has 2 atom stereocenters. The first-order valence-electron chi connectivity index (χ1n) is 5.06. The normalized spacial score (nSPS) is 15.8. The Morgan fingerprint density at radius 1 is 1.31 bits per heavy atom. The second-order valence-electron chi connectivity index (χ2n) is 3.85. The number of sulfone groups is 1. The lowest BCUT2D eigenvalue weighted by Gasteiger charge is -2.21. The van der Waals surface area contributed by atoms with Crippen molar-refractivity contribution in [2.75, 3.05) is 6.26 Å². The lowest BCUT2D eigenvalue weighted by atomic mass is 10.0. The first kappa shape index (κ1) is 13.5. The average Bonchev–Trinajstić information content (AvgIpc) is 2.17. The molecular formula is C11H16ClNO2S. The quantitative estimate of drug-likeness (QED) is 0.904. The van der Waals surface area contributed by atoms with E-state index in [4.69, 9.17) is 17.3 Å². The fourth-order valence-corrected chi connectivity index (χ4v) is 3.14. The third-order valence-electron chi connectivity index (χ3n) is 2.61. The predicted octanol–water partition coefficient (Wildman–Crippen LogP) is 2.16.